The Morgan fingerprint density at radius 2 is 0.970 bits per heavy atom. The molecule has 0 unspecified atom stereocenters. The van der Waals surface area contributed by atoms with E-state index < -0.39 is 0 Å². The number of hydrogen-bond acceptors (Lipinski definition) is 2. The first-order chi connectivity index (χ1) is 31.8. The zero-order chi connectivity index (χ0) is 45.9. The summed E-state index contributed by atoms with van der Waals surface area (Å²) in [5.74, 6) is 0. The highest BCUT2D eigenvalue weighted by atomic mass is 16.3. The van der Waals surface area contributed by atoms with E-state index >= 15 is 0 Å². The maximum Gasteiger partial charge on any atom is 0.143 e. The Hall–Kier alpha value is -6.58. The first-order valence-electron chi connectivity index (χ1n) is 23.5. The third-order valence-electron chi connectivity index (χ3n) is 15.9. The van der Waals surface area contributed by atoms with Crippen LogP contribution in [0.4, 0.5) is 17.1 Å². The normalized spacial score (nSPS) is 12.8. The van der Waals surface area contributed by atoms with Crippen molar-refractivity contribution in [3.8, 4) is 44.5 Å². The molecule has 9 aromatic carbocycles. The van der Waals surface area contributed by atoms with E-state index in [0.29, 0.717) is 0 Å². The molecule has 0 spiro atoms. The van der Waals surface area contributed by atoms with Gasteiger partial charge in [-0.05, 0) is 85.8 Å². The molecule has 0 saturated heterocycles. The molecule has 1 heterocycles. The molecular weight excluding hydrogens is 788 g/mol. The lowest BCUT2D eigenvalue weighted by Crippen LogP contribution is -2.57. The number of anilines is 3. The maximum absolute atomic E-state index is 6.77. The fraction of sp³-hybridized carbons (Fsp3) is 0.0545. The number of furan rings is 1. The summed E-state index contributed by atoms with van der Waals surface area (Å²) < 4.78 is 6.77. The molecule has 11 heteroatoms. The minimum absolute atomic E-state index is 0.118. The van der Waals surface area contributed by atoms with Crippen LogP contribution in [0.15, 0.2) is 150 Å². The third kappa shape index (κ3) is 6.08. The summed E-state index contributed by atoms with van der Waals surface area (Å²) in [7, 11) is 20.8. The average Bonchev–Trinajstić information content (AvgIpc) is 3.85. The SMILES string of the molecule is Bc1c(B)c(B)c(-c2c(B)c(B)c(N(c3ccc(-c4cccc5c4C(C)(C)c4ccccc4-5)cc3)c3ccccc3-c3cccc4oc5c6ccccc6ccc5c34)c(B)c2B)c(B)c1B. The van der Waals surface area contributed by atoms with Gasteiger partial charge in [0, 0.05) is 38.5 Å². The van der Waals surface area contributed by atoms with Crippen LogP contribution < -0.4 is 54.1 Å². The molecule has 2 nitrogen and oxygen atoms in total. The van der Waals surface area contributed by atoms with Gasteiger partial charge in [0.05, 0.1) is 5.69 Å². The smallest absolute Gasteiger partial charge is 0.143 e. The molecule has 1 aliphatic carbocycles. The topological polar surface area (TPSA) is 16.4 Å². The Kier molecular flexibility index (Phi) is 9.89. The van der Waals surface area contributed by atoms with Gasteiger partial charge < -0.3 is 9.32 Å². The Balaban J connectivity index is 1.15. The van der Waals surface area contributed by atoms with Crippen molar-refractivity contribution in [2.45, 2.75) is 19.3 Å². The number of benzene rings is 9. The predicted molar refractivity (Wildman–Crippen MR) is 313 cm³/mol. The highest BCUT2D eigenvalue weighted by Crippen LogP contribution is 2.52. The van der Waals surface area contributed by atoms with E-state index in [1.54, 1.807) is 0 Å². The van der Waals surface area contributed by atoms with Crippen LogP contribution in [0.5, 0.6) is 0 Å². The number of fused-ring (bicyclic) bond motifs is 8. The average molecular weight is 836 g/mol. The van der Waals surface area contributed by atoms with Gasteiger partial charge in [-0.15, -0.1) is 16.4 Å². The number of rotatable bonds is 6. The third-order valence-corrected chi connectivity index (χ3v) is 15.9. The molecule has 0 amide bonds. The predicted octanol–water partition coefficient (Wildman–Crippen LogP) is -0.158. The highest BCUT2D eigenvalue weighted by molar-refractivity contribution is 6.71. The van der Waals surface area contributed by atoms with E-state index in [9.17, 15) is 0 Å². The van der Waals surface area contributed by atoms with Gasteiger partial charge in [0.25, 0.3) is 0 Å². The lowest BCUT2D eigenvalue weighted by Gasteiger charge is -2.35. The monoisotopic (exact) mass is 837 g/mol. The van der Waals surface area contributed by atoms with Crippen molar-refractivity contribution in [1.82, 2.24) is 0 Å². The summed E-state index contributed by atoms with van der Waals surface area (Å²) in [6.07, 6.45) is 0. The molecule has 0 saturated carbocycles. The molecule has 0 atom stereocenters. The molecule has 0 N–H and O–H groups in total. The molecule has 10 aromatic rings. The first-order valence-corrected chi connectivity index (χ1v) is 23.5. The summed E-state index contributed by atoms with van der Waals surface area (Å²) in [5.41, 5.74) is 30.3. The van der Waals surface area contributed by atoms with E-state index in [2.05, 4.69) is 235 Å². The molecule has 66 heavy (non-hydrogen) atoms. The fourth-order valence-electron chi connectivity index (χ4n) is 11.8. The van der Waals surface area contributed by atoms with Gasteiger partial charge in [-0.2, -0.15) is 0 Å². The summed E-state index contributed by atoms with van der Waals surface area (Å²) in [6.45, 7) is 4.76. The van der Waals surface area contributed by atoms with E-state index in [4.69, 9.17) is 4.42 Å². The molecule has 306 valence electrons. The quantitative estimate of drug-likeness (QED) is 0.217. The van der Waals surface area contributed by atoms with E-state index in [1.165, 1.54) is 105 Å². The molecule has 1 aliphatic rings. The zero-order valence-corrected chi connectivity index (χ0v) is 40.2. The Morgan fingerprint density at radius 3 is 1.68 bits per heavy atom. The summed E-state index contributed by atoms with van der Waals surface area (Å²) in [6, 6.07) is 53.7. The largest absolute Gasteiger partial charge is 0.455 e. The van der Waals surface area contributed by atoms with Crippen LogP contribution in [0.1, 0.15) is 25.0 Å². The molecule has 0 bridgehead atoms. The molecule has 0 radical (unpaired) electrons. The second-order valence-corrected chi connectivity index (χ2v) is 19.5. The number of para-hydroxylation sites is 1. The molecule has 11 rings (SSSR count). The maximum atomic E-state index is 6.77. The van der Waals surface area contributed by atoms with Crippen molar-refractivity contribution in [2.75, 3.05) is 4.90 Å². The lowest BCUT2D eigenvalue weighted by molar-refractivity contribution is 0.662. The Morgan fingerprint density at radius 1 is 0.424 bits per heavy atom. The minimum atomic E-state index is -0.118. The van der Waals surface area contributed by atoms with Crippen molar-refractivity contribution in [1.29, 1.82) is 0 Å². The van der Waals surface area contributed by atoms with Crippen LogP contribution in [0.3, 0.4) is 0 Å². The van der Waals surface area contributed by atoms with Gasteiger partial charge in [-0.25, -0.2) is 0 Å². The highest BCUT2D eigenvalue weighted by Gasteiger charge is 2.37. The standard InChI is InChI=1S/C55H48B9NO/c1-55(2)37-18-7-5-13-32(37)35-17-9-15-30(43(35)55)28-21-24-29(25-22-28)65(53-51(63)46(58)42(47(59)52(53)64)41-44(56)48(60)50(62)49(61)45(41)57)38-19-8-6-14-33(38)34-16-10-20-39-40(34)36-26-23-27-11-3-4-12-31(27)54(36)66-39/h3-26H,56-64H2,1-2H3. The van der Waals surface area contributed by atoms with Gasteiger partial charge in [0.1, 0.15) is 81.8 Å². The van der Waals surface area contributed by atoms with Gasteiger partial charge in [-0.1, -0.05) is 162 Å². The van der Waals surface area contributed by atoms with Gasteiger partial charge in [0.15, 0.2) is 0 Å². The minimum Gasteiger partial charge on any atom is -0.455 e. The van der Waals surface area contributed by atoms with Gasteiger partial charge in [0.2, 0.25) is 0 Å². The van der Waals surface area contributed by atoms with Crippen LogP contribution in [0.2, 0.25) is 0 Å². The first kappa shape index (κ1) is 42.1. The van der Waals surface area contributed by atoms with Crippen molar-refractivity contribution >= 4 is 170 Å². The van der Waals surface area contributed by atoms with E-state index in [0.717, 1.165) is 49.8 Å². The Labute approximate surface area is 397 Å². The van der Waals surface area contributed by atoms with Gasteiger partial charge in [-0.3, -0.25) is 0 Å². The van der Waals surface area contributed by atoms with Crippen LogP contribution in [-0.4, -0.2) is 70.6 Å². The van der Waals surface area contributed by atoms with Crippen molar-refractivity contribution < 1.29 is 4.42 Å². The lowest BCUT2D eigenvalue weighted by atomic mass is 9.56. The second-order valence-electron chi connectivity index (χ2n) is 19.5. The second kappa shape index (κ2) is 15.5. The fourth-order valence-corrected chi connectivity index (χ4v) is 11.8. The summed E-state index contributed by atoms with van der Waals surface area (Å²) in [5, 5.41) is 4.57. The van der Waals surface area contributed by atoms with Crippen LogP contribution in [-0.2, 0) is 5.41 Å². The van der Waals surface area contributed by atoms with Crippen molar-refractivity contribution in [3.05, 3.63) is 157 Å². The summed E-state index contributed by atoms with van der Waals surface area (Å²) in [4.78, 5) is 2.55. The van der Waals surface area contributed by atoms with Gasteiger partial charge >= 0.3 is 0 Å². The zero-order valence-electron chi connectivity index (χ0n) is 40.2. The van der Waals surface area contributed by atoms with Crippen molar-refractivity contribution in [3.63, 3.8) is 0 Å². The van der Waals surface area contributed by atoms with E-state index in [-0.39, 0.29) is 5.41 Å². The van der Waals surface area contributed by atoms with E-state index in [1.807, 2.05) is 0 Å². The van der Waals surface area contributed by atoms with Crippen LogP contribution in [0.25, 0.3) is 77.2 Å². The number of nitrogens with zero attached hydrogens (tertiary/aromatic N) is 1. The van der Waals surface area contributed by atoms with Crippen molar-refractivity contribution in [2.24, 2.45) is 0 Å². The molecule has 0 aliphatic heterocycles. The molecule has 0 fully saturated rings. The van der Waals surface area contributed by atoms with Crippen LogP contribution >= 0.6 is 0 Å². The number of hydrogen-bond donors (Lipinski definition) is 0. The molecule has 1 aromatic heterocycles. The van der Waals surface area contributed by atoms with Crippen LogP contribution in [0, 0.1) is 0 Å². The summed E-state index contributed by atoms with van der Waals surface area (Å²) >= 11 is 0. The Bertz CT molecular complexity index is 3630. The molecular formula is C55H48B9NO.